The van der Waals surface area contributed by atoms with Gasteiger partial charge in [0.15, 0.2) is 0 Å². The van der Waals surface area contributed by atoms with Gasteiger partial charge in [-0.2, -0.15) is 4.39 Å². The number of aromatic nitrogens is 1. The summed E-state index contributed by atoms with van der Waals surface area (Å²) >= 11 is 5.62. The molecule has 0 bridgehead atoms. The van der Waals surface area contributed by atoms with Crippen molar-refractivity contribution in [3.8, 4) is 11.1 Å². The molecule has 0 radical (unpaired) electrons. The first-order valence-corrected chi connectivity index (χ1v) is 6.00. The summed E-state index contributed by atoms with van der Waals surface area (Å²) in [7, 11) is 0. The highest BCUT2D eigenvalue weighted by atomic mass is 35.5. The molecule has 0 fully saturated rings. The molecule has 0 spiro atoms. The van der Waals surface area contributed by atoms with E-state index in [0.717, 1.165) is 18.4 Å². The number of benzene rings is 1. The van der Waals surface area contributed by atoms with Crippen LogP contribution in [0, 0.1) is 5.95 Å². The number of aryl methyl sites for hydroxylation is 1. The van der Waals surface area contributed by atoms with E-state index in [2.05, 4.69) is 11.9 Å². The van der Waals surface area contributed by atoms with Gasteiger partial charge in [0.25, 0.3) is 0 Å². The van der Waals surface area contributed by atoms with Crippen LogP contribution in [-0.2, 0) is 6.42 Å². The van der Waals surface area contributed by atoms with Gasteiger partial charge in [-0.1, -0.05) is 49.2 Å². The minimum atomic E-state index is -0.527. The van der Waals surface area contributed by atoms with Crippen molar-refractivity contribution in [3.63, 3.8) is 0 Å². The Morgan fingerprint density at radius 2 is 1.82 bits per heavy atom. The van der Waals surface area contributed by atoms with Crippen LogP contribution in [0.15, 0.2) is 36.4 Å². The highest BCUT2D eigenvalue weighted by Gasteiger charge is 2.06. The Kier molecular flexibility index (Phi) is 3.75. The third kappa shape index (κ3) is 2.83. The molecule has 0 aliphatic heterocycles. The summed E-state index contributed by atoms with van der Waals surface area (Å²) in [5, 5.41) is 0.175. The van der Waals surface area contributed by atoms with E-state index in [-0.39, 0.29) is 5.15 Å². The first-order chi connectivity index (χ1) is 8.20. The average molecular weight is 250 g/mol. The zero-order chi connectivity index (χ0) is 12.3. The lowest BCUT2D eigenvalue weighted by Gasteiger charge is -2.04. The van der Waals surface area contributed by atoms with Crippen molar-refractivity contribution in [2.45, 2.75) is 19.8 Å². The molecular formula is C14H13ClFN. The van der Waals surface area contributed by atoms with Gasteiger partial charge < -0.3 is 0 Å². The van der Waals surface area contributed by atoms with E-state index in [0.29, 0.717) is 5.56 Å². The summed E-state index contributed by atoms with van der Waals surface area (Å²) in [5.41, 5.74) is 2.57. The van der Waals surface area contributed by atoms with Crippen LogP contribution >= 0.6 is 11.6 Å². The largest absolute Gasteiger partial charge is 0.222 e. The first-order valence-electron chi connectivity index (χ1n) is 5.62. The van der Waals surface area contributed by atoms with Gasteiger partial charge in [-0.15, -0.1) is 0 Å². The molecule has 0 aliphatic rings. The summed E-state index contributed by atoms with van der Waals surface area (Å²) in [6.45, 7) is 2.14. The molecule has 88 valence electrons. The van der Waals surface area contributed by atoms with Crippen LogP contribution in [0.4, 0.5) is 4.39 Å². The minimum absolute atomic E-state index is 0.175. The maximum absolute atomic E-state index is 13.6. The van der Waals surface area contributed by atoms with Crippen molar-refractivity contribution in [2.24, 2.45) is 0 Å². The van der Waals surface area contributed by atoms with E-state index in [9.17, 15) is 4.39 Å². The number of hydrogen-bond donors (Lipinski definition) is 0. The van der Waals surface area contributed by atoms with Crippen LogP contribution in [0.3, 0.4) is 0 Å². The smallest absolute Gasteiger partial charge is 0.207 e. The number of nitrogens with zero attached hydrogens (tertiary/aromatic N) is 1. The normalized spacial score (nSPS) is 10.5. The van der Waals surface area contributed by atoms with Crippen LogP contribution in [-0.4, -0.2) is 4.98 Å². The minimum Gasteiger partial charge on any atom is -0.207 e. The number of pyridine rings is 1. The Labute approximate surface area is 105 Å². The van der Waals surface area contributed by atoms with Gasteiger partial charge >= 0.3 is 0 Å². The molecule has 1 aromatic carbocycles. The van der Waals surface area contributed by atoms with Crippen molar-refractivity contribution in [2.75, 3.05) is 0 Å². The van der Waals surface area contributed by atoms with E-state index < -0.39 is 5.95 Å². The quantitative estimate of drug-likeness (QED) is 0.730. The van der Waals surface area contributed by atoms with Crippen molar-refractivity contribution in [3.05, 3.63) is 53.1 Å². The topological polar surface area (TPSA) is 12.9 Å². The van der Waals surface area contributed by atoms with E-state index in [1.165, 1.54) is 5.56 Å². The Bertz CT molecular complexity index is 508. The second-order valence-corrected chi connectivity index (χ2v) is 4.31. The van der Waals surface area contributed by atoms with Crippen LogP contribution in [0.5, 0.6) is 0 Å². The third-order valence-electron chi connectivity index (χ3n) is 2.62. The summed E-state index contributed by atoms with van der Waals surface area (Å²) < 4.78 is 13.6. The predicted molar refractivity (Wildman–Crippen MR) is 68.6 cm³/mol. The van der Waals surface area contributed by atoms with Gasteiger partial charge in [0, 0.05) is 5.56 Å². The van der Waals surface area contributed by atoms with Crippen LogP contribution < -0.4 is 0 Å². The highest BCUT2D eigenvalue weighted by Crippen LogP contribution is 2.23. The predicted octanol–water partition coefficient (Wildman–Crippen LogP) is 4.49. The molecule has 0 saturated heterocycles. The number of rotatable bonds is 3. The molecule has 1 heterocycles. The Morgan fingerprint density at radius 3 is 2.41 bits per heavy atom. The summed E-state index contributed by atoms with van der Waals surface area (Å²) in [6.07, 6.45) is 2.15. The molecule has 2 rings (SSSR count). The zero-order valence-corrected chi connectivity index (χ0v) is 10.3. The van der Waals surface area contributed by atoms with Crippen molar-refractivity contribution in [1.29, 1.82) is 0 Å². The van der Waals surface area contributed by atoms with E-state index in [4.69, 9.17) is 11.6 Å². The molecule has 0 unspecified atom stereocenters. The molecule has 0 atom stereocenters. The van der Waals surface area contributed by atoms with Crippen LogP contribution in [0.2, 0.25) is 5.15 Å². The summed E-state index contributed by atoms with van der Waals surface area (Å²) in [4.78, 5) is 3.61. The number of halogens is 2. The zero-order valence-electron chi connectivity index (χ0n) is 9.58. The van der Waals surface area contributed by atoms with Crippen molar-refractivity contribution >= 4 is 11.6 Å². The van der Waals surface area contributed by atoms with Crippen LogP contribution in [0.1, 0.15) is 18.9 Å². The molecule has 17 heavy (non-hydrogen) atoms. The van der Waals surface area contributed by atoms with E-state index in [1.54, 1.807) is 12.1 Å². The average Bonchev–Trinajstić information content (AvgIpc) is 2.31. The third-order valence-corrected chi connectivity index (χ3v) is 2.83. The monoisotopic (exact) mass is 249 g/mol. The van der Waals surface area contributed by atoms with Gasteiger partial charge in [0.2, 0.25) is 5.95 Å². The summed E-state index contributed by atoms with van der Waals surface area (Å²) in [5.74, 6) is -0.527. The van der Waals surface area contributed by atoms with Gasteiger partial charge in [-0.25, -0.2) is 4.98 Å². The molecule has 1 nitrogen and oxygen atoms in total. The van der Waals surface area contributed by atoms with Gasteiger partial charge in [-0.05, 0) is 29.7 Å². The second kappa shape index (κ2) is 5.28. The molecular weight excluding hydrogens is 237 g/mol. The lowest BCUT2D eigenvalue weighted by Crippen LogP contribution is -1.90. The molecule has 0 N–H and O–H groups in total. The molecule has 0 aliphatic carbocycles. The van der Waals surface area contributed by atoms with Gasteiger partial charge in [0.1, 0.15) is 5.15 Å². The maximum Gasteiger partial charge on any atom is 0.222 e. The van der Waals surface area contributed by atoms with Gasteiger partial charge in [0.05, 0.1) is 0 Å². The second-order valence-electron chi connectivity index (χ2n) is 3.92. The van der Waals surface area contributed by atoms with Crippen LogP contribution in [0.25, 0.3) is 11.1 Å². The number of hydrogen-bond acceptors (Lipinski definition) is 1. The molecule has 1 aromatic heterocycles. The molecule has 2 aromatic rings. The fourth-order valence-corrected chi connectivity index (χ4v) is 1.90. The maximum atomic E-state index is 13.6. The highest BCUT2D eigenvalue weighted by molar-refractivity contribution is 6.29. The molecule has 0 saturated carbocycles. The Balaban J connectivity index is 2.33. The standard InChI is InChI=1S/C14H13ClFN/c1-2-3-10-4-6-11(7-5-10)12-8-9-13(15)17-14(12)16/h4-9H,2-3H2,1H3. The Hall–Kier alpha value is -1.41. The fraction of sp³-hybridized carbons (Fsp3) is 0.214. The SMILES string of the molecule is CCCc1ccc(-c2ccc(Cl)nc2F)cc1. The Morgan fingerprint density at radius 1 is 1.12 bits per heavy atom. The fourth-order valence-electron chi connectivity index (χ4n) is 1.77. The molecule has 0 amide bonds. The lowest BCUT2D eigenvalue weighted by molar-refractivity contribution is 0.588. The van der Waals surface area contributed by atoms with E-state index >= 15 is 0 Å². The molecule has 3 heteroatoms. The first kappa shape index (κ1) is 12.1. The van der Waals surface area contributed by atoms with E-state index in [1.807, 2.05) is 24.3 Å². The lowest BCUT2D eigenvalue weighted by atomic mass is 10.0. The summed E-state index contributed by atoms with van der Waals surface area (Å²) in [6, 6.07) is 11.1. The van der Waals surface area contributed by atoms with Crippen molar-refractivity contribution < 1.29 is 4.39 Å². The van der Waals surface area contributed by atoms with Crippen molar-refractivity contribution in [1.82, 2.24) is 4.98 Å². The van der Waals surface area contributed by atoms with Gasteiger partial charge in [-0.3, -0.25) is 0 Å².